The van der Waals surface area contributed by atoms with Crippen LogP contribution in [0.2, 0.25) is 0 Å². The number of carbonyl (C=O) groups excluding carboxylic acids is 1. The molecular weight excluding hydrogens is 458 g/mol. The SMILES string of the molecule is O=C(Nc1cccc(CNc2cc(-c3ccccc3O)nc3c(Br)cnn23)c1)C1CC1. The third-order valence-electron chi connectivity index (χ3n) is 5.23. The molecule has 1 saturated carbocycles. The predicted octanol–water partition coefficient (Wildman–Crippen LogP) is 4.83. The average molecular weight is 478 g/mol. The number of aromatic nitrogens is 3. The van der Waals surface area contributed by atoms with Gasteiger partial charge in [-0.15, -0.1) is 0 Å². The van der Waals surface area contributed by atoms with Gasteiger partial charge < -0.3 is 15.7 Å². The van der Waals surface area contributed by atoms with Gasteiger partial charge in [0.05, 0.1) is 16.4 Å². The number of amides is 1. The molecule has 2 heterocycles. The Kier molecular flexibility index (Phi) is 5.07. The van der Waals surface area contributed by atoms with Gasteiger partial charge in [0.1, 0.15) is 11.6 Å². The van der Waals surface area contributed by atoms with E-state index in [9.17, 15) is 9.90 Å². The Morgan fingerprint density at radius 3 is 2.81 bits per heavy atom. The Morgan fingerprint density at radius 1 is 1.16 bits per heavy atom. The molecule has 2 aromatic carbocycles. The zero-order valence-electron chi connectivity index (χ0n) is 16.5. The molecule has 3 N–H and O–H groups in total. The minimum Gasteiger partial charge on any atom is -0.507 e. The van der Waals surface area contributed by atoms with Crippen LogP contribution in [-0.4, -0.2) is 25.6 Å². The third kappa shape index (κ3) is 4.11. The second-order valence-corrected chi connectivity index (χ2v) is 8.44. The van der Waals surface area contributed by atoms with Crippen LogP contribution in [0.25, 0.3) is 16.9 Å². The molecule has 0 aliphatic heterocycles. The molecule has 0 saturated heterocycles. The first-order valence-electron chi connectivity index (χ1n) is 10.0. The van der Waals surface area contributed by atoms with Crippen molar-refractivity contribution >= 4 is 39.0 Å². The van der Waals surface area contributed by atoms with E-state index in [4.69, 9.17) is 0 Å². The van der Waals surface area contributed by atoms with Crippen molar-refractivity contribution in [2.24, 2.45) is 5.92 Å². The molecule has 1 aliphatic rings. The first kappa shape index (κ1) is 19.6. The Balaban J connectivity index is 1.43. The molecule has 4 aromatic rings. The van der Waals surface area contributed by atoms with E-state index < -0.39 is 0 Å². The number of anilines is 2. The zero-order valence-corrected chi connectivity index (χ0v) is 18.1. The minimum absolute atomic E-state index is 0.0923. The molecule has 0 radical (unpaired) electrons. The van der Waals surface area contributed by atoms with Crippen LogP contribution in [0.3, 0.4) is 0 Å². The second-order valence-electron chi connectivity index (χ2n) is 7.59. The van der Waals surface area contributed by atoms with Crippen LogP contribution < -0.4 is 10.6 Å². The highest BCUT2D eigenvalue weighted by Gasteiger charge is 2.29. The second kappa shape index (κ2) is 8.03. The van der Waals surface area contributed by atoms with E-state index in [1.807, 2.05) is 42.5 Å². The van der Waals surface area contributed by atoms with E-state index in [1.54, 1.807) is 22.8 Å². The van der Waals surface area contributed by atoms with Crippen molar-refractivity contribution in [2.45, 2.75) is 19.4 Å². The summed E-state index contributed by atoms with van der Waals surface area (Å²) in [7, 11) is 0. The molecular formula is C23H20BrN5O2. The van der Waals surface area contributed by atoms with Crippen LogP contribution in [0.4, 0.5) is 11.5 Å². The maximum atomic E-state index is 12.0. The van der Waals surface area contributed by atoms with Crippen LogP contribution in [0, 0.1) is 5.92 Å². The fourth-order valence-electron chi connectivity index (χ4n) is 3.43. The van der Waals surface area contributed by atoms with Crippen molar-refractivity contribution in [3.8, 4) is 17.0 Å². The maximum absolute atomic E-state index is 12.0. The Morgan fingerprint density at radius 2 is 2.00 bits per heavy atom. The summed E-state index contributed by atoms with van der Waals surface area (Å²) in [5.41, 5.74) is 3.75. The lowest BCUT2D eigenvalue weighted by molar-refractivity contribution is -0.117. The fraction of sp³-hybridized carbons (Fsp3) is 0.174. The largest absolute Gasteiger partial charge is 0.507 e. The molecule has 0 bridgehead atoms. The number of hydrogen-bond acceptors (Lipinski definition) is 5. The summed E-state index contributed by atoms with van der Waals surface area (Å²) in [6, 6.07) is 16.8. The number of rotatable bonds is 6. The van der Waals surface area contributed by atoms with Gasteiger partial charge in [-0.2, -0.15) is 9.61 Å². The van der Waals surface area contributed by atoms with E-state index in [0.29, 0.717) is 23.4 Å². The minimum atomic E-state index is 0.0923. The number of phenolic OH excluding ortho intramolecular Hbond substituents is 1. The molecule has 7 nitrogen and oxygen atoms in total. The molecule has 8 heteroatoms. The molecule has 0 unspecified atom stereocenters. The van der Waals surface area contributed by atoms with Gasteiger partial charge in [0.2, 0.25) is 5.91 Å². The lowest BCUT2D eigenvalue weighted by Crippen LogP contribution is -2.13. The molecule has 5 rings (SSSR count). The number of carbonyl (C=O) groups is 1. The lowest BCUT2D eigenvalue weighted by Gasteiger charge is -2.12. The molecule has 156 valence electrons. The van der Waals surface area contributed by atoms with Crippen molar-refractivity contribution in [2.75, 3.05) is 10.6 Å². The summed E-state index contributed by atoms with van der Waals surface area (Å²) in [5, 5.41) is 21.1. The topological polar surface area (TPSA) is 91.5 Å². The highest BCUT2D eigenvalue weighted by molar-refractivity contribution is 9.10. The molecule has 1 aliphatic carbocycles. The molecule has 1 amide bonds. The fourth-order valence-corrected chi connectivity index (χ4v) is 3.78. The van der Waals surface area contributed by atoms with E-state index >= 15 is 0 Å². The van der Waals surface area contributed by atoms with Gasteiger partial charge in [0.15, 0.2) is 5.65 Å². The number of aromatic hydroxyl groups is 1. The number of nitrogens with one attached hydrogen (secondary N) is 2. The summed E-state index contributed by atoms with van der Waals surface area (Å²) in [6.45, 7) is 0.532. The number of fused-ring (bicyclic) bond motifs is 1. The smallest absolute Gasteiger partial charge is 0.227 e. The van der Waals surface area contributed by atoms with Crippen LogP contribution in [0.15, 0.2) is 65.3 Å². The van der Waals surface area contributed by atoms with Crippen molar-refractivity contribution in [1.82, 2.24) is 14.6 Å². The van der Waals surface area contributed by atoms with Gasteiger partial charge in [0.25, 0.3) is 0 Å². The maximum Gasteiger partial charge on any atom is 0.227 e. The van der Waals surface area contributed by atoms with E-state index in [0.717, 1.165) is 34.4 Å². The van der Waals surface area contributed by atoms with Gasteiger partial charge in [-0.1, -0.05) is 24.3 Å². The molecule has 2 aromatic heterocycles. The van der Waals surface area contributed by atoms with Gasteiger partial charge in [-0.25, -0.2) is 4.98 Å². The summed E-state index contributed by atoms with van der Waals surface area (Å²) in [6.07, 6.45) is 3.64. The molecule has 0 spiro atoms. The summed E-state index contributed by atoms with van der Waals surface area (Å²) in [4.78, 5) is 16.7. The normalized spacial score (nSPS) is 13.3. The summed E-state index contributed by atoms with van der Waals surface area (Å²) in [5.74, 6) is 1.16. The molecule has 0 atom stereocenters. The van der Waals surface area contributed by atoms with Crippen molar-refractivity contribution in [3.05, 3.63) is 70.8 Å². The Bertz CT molecular complexity index is 1280. The first-order valence-corrected chi connectivity index (χ1v) is 10.8. The van der Waals surface area contributed by atoms with Crippen molar-refractivity contribution in [1.29, 1.82) is 0 Å². The third-order valence-corrected chi connectivity index (χ3v) is 5.78. The monoisotopic (exact) mass is 477 g/mol. The average Bonchev–Trinajstić information content (AvgIpc) is 3.56. The Hall–Kier alpha value is -3.39. The van der Waals surface area contributed by atoms with Gasteiger partial charge in [-0.05, 0) is 58.6 Å². The van der Waals surface area contributed by atoms with Gasteiger partial charge >= 0.3 is 0 Å². The highest BCUT2D eigenvalue weighted by Crippen LogP contribution is 2.32. The van der Waals surface area contributed by atoms with Crippen molar-refractivity contribution < 1.29 is 9.90 Å². The molecule has 31 heavy (non-hydrogen) atoms. The number of hydrogen-bond donors (Lipinski definition) is 3. The van der Waals surface area contributed by atoms with Crippen LogP contribution in [0.1, 0.15) is 18.4 Å². The van der Waals surface area contributed by atoms with Crippen LogP contribution in [0.5, 0.6) is 5.75 Å². The van der Waals surface area contributed by atoms with E-state index in [2.05, 4.69) is 36.6 Å². The predicted molar refractivity (Wildman–Crippen MR) is 123 cm³/mol. The standard InChI is InChI=1S/C23H20BrN5O2/c24-18-13-26-29-21(11-19(28-22(18)29)17-6-1-2-7-20(17)30)25-12-14-4-3-5-16(10-14)27-23(31)15-8-9-15/h1-7,10-11,13,15,25,30H,8-9,12H2,(H,27,31). The van der Waals surface area contributed by atoms with Crippen molar-refractivity contribution in [3.63, 3.8) is 0 Å². The van der Waals surface area contributed by atoms with Gasteiger partial charge in [-0.3, -0.25) is 4.79 Å². The quantitative estimate of drug-likeness (QED) is 0.370. The first-order chi connectivity index (χ1) is 15.1. The highest BCUT2D eigenvalue weighted by atomic mass is 79.9. The summed E-state index contributed by atoms with van der Waals surface area (Å²) < 4.78 is 2.48. The number of phenols is 1. The van der Waals surface area contributed by atoms with Crippen LogP contribution >= 0.6 is 15.9 Å². The van der Waals surface area contributed by atoms with Crippen LogP contribution in [-0.2, 0) is 11.3 Å². The number of nitrogens with zero attached hydrogens (tertiary/aromatic N) is 3. The number of halogens is 1. The summed E-state index contributed by atoms with van der Waals surface area (Å²) >= 11 is 3.50. The van der Waals surface area contributed by atoms with E-state index in [1.165, 1.54) is 0 Å². The van der Waals surface area contributed by atoms with E-state index in [-0.39, 0.29) is 17.6 Å². The van der Waals surface area contributed by atoms with Gasteiger partial charge in [0, 0.05) is 29.8 Å². The lowest BCUT2D eigenvalue weighted by atomic mass is 10.1. The Labute approximate surface area is 187 Å². The zero-order chi connectivity index (χ0) is 21.4. The number of para-hydroxylation sites is 1. The molecule has 1 fully saturated rings. The number of benzene rings is 2.